The summed E-state index contributed by atoms with van der Waals surface area (Å²) in [7, 11) is -1.55. The summed E-state index contributed by atoms with van der Waals surface area (Å²) >= 11 is 0. The number of hydroxylamine groups is 2. The van der Waals surface area contributed by atoms with Crippen molar-refractivity contribution in [2.75, 3.05) is 34.2 Å². The summed E-state index contributed by atoms with van der Waals surface area (Å²) in [5.41, 5.74) is 0. The van der Waals surface area contributed by atoms with Gasteiger partial charge >= 0.3 is 5.97 Å². The number of methoxy groups -OCH3 is 2. The molecule has 1 fully saturated rings. The van der Waals surface area contributed by atoms with E-state index in [0.717, 1.165) is 12.2 Å². The lowest BCUT2D eigenvalue weighted by Gasteiger charge is -2.33. The van der Waals surface area contributed by atoms with Crippen molar-refractivity contribution in [3.05, 3.63) is 30.3 Å². The Balaban J connectivity index is 2.53. The number of carbonyl (C=O) groups is 1. The normalized spacial score (nSPS) is 24.4. The van der Waals surface area contributed by atoms with Crippen LogP contribution in [0.4, 0.5) is 0 Å². The molecule has 2 rings (SSSR count). The van der Waals surface area contributed by atoms with E-state index >= 15 is 0 Å². The number of sulfone groups is 1. The first-order valence-corrected chi connectivity index (χ1v) is 9.31. The fourth-order valence-corrected chi connectivity index (χ4v) is 4.81. The lowest BCUT2D eigenvalue weighted by molar-refractivity contribution is -0.242. The van der Waals surface area contributed by atoms with E-state index in [4.69, 9.17) is 19.0 Å². The second-order valence-corrected chi connectivity index (χ2v) is 7.61. The van der Waals surface area contributed by atoms with Gasteiger partial charge in [-0.15, -0.1) is 0 Å². The molecule has 1 heterocycles. The Morgan fingerprint density at radius 3 is 2.52 bits per heavy atom. The van der Waals surface area contributed by atoms with Gasteiger partial charge in [-0.3, -0.25) is 4.84 Å². The molecule has 0 N–H and O–H groups in total. The summed E-state index contributed by atoms with van der Waals surface area (Å²) in [5, 5.41) is 1.10. The van der Waals surface area contributed by atoms with Crippen molar-refractivity contribution in [3.63, 3.8) is 0 Å². The molecule has 2 atom stereocenters. The summed E-state index contributed by atoms with van der Waals surface area (Å²) in [5.74, 6) is -0.924. The number of benzene rings is 1. The average molecular weight is 373 g/mol. The van der Waals surface area contributed by atoms with Crippen molar-refractivity contribution in [1.82, 2.24) is 5.06 Å². The van der Waals surface area contributed by atoms with Crippen LogP contribution < -0.4 is 0 Å². The molecular weight excluding hydrogens is 350 g/mol. The zero-order valence-electron chi connectivity index (χ0n) is 14.5. The summed E-state index contributed by atoms with van der Waals surface area (Å²) in [6.45, 7) is 2.07. The topological polar surface area (TPSA) is 91.4 Å². The van der Waals surface area contributed by atoms with E-state index in [1.807, 2.05) is 0 Å². The van der Waals surface area contributed by atoms with Crippen LogP contribution in [0.3, 0.4) is 0 Å². The van der Waals surface area contributed by atoms with Gasteiger partial charge in [-0.25, -0.2) is 13.2 Å². The van der Waals surface area contributed by atoms with E-state index in [1.54, 1.807) is 25.1 Å². The molecule has 0 aromatic heterocycles. The number of hydrogen-bond donors (Lipinski definition) is 0. The van der Waals surface area contributed by atoms with Crippen molar-refractivity contribution in [2.24, 2.45) is 0 Å². The first-order valence-electron chi connectivity index (χ1n) is 7.83. The predicted molar refractivity (Wildman–Crippen MR) is 88.1 cm³/mol. The van der Waals surface area contributed by atoms with Gasteiger partial charge in [0.2, 0.25) is 9.84 Å². The van der Waals surface area contributed by atoms with E-state index < -0.39 is 26.8 Å². The quantitative estimate of drug-likeness (QED) is 0.378. The molecule has 9 heteroatoms. The third kappa shape index (κ3) is 3.56. The van der Waals surface area contributed by atoms with E-state index in [2.05, 4.69) is 0 Å². The predicted octanol–water partition coefficient (Wildman–Crippen LogP) is 0.976. The Morgan fingerprint density at radius 2 is 1.96 bits per heavy atom. The van der Waals surface area contributed by atoms with Gasteiger partial charge in [0.15, 0.2) is 6.79 Å². The molecule has 1 aliphatic rings. The van der Waals surface area contributed by atoms with Crippen molar-refractivity contribution in [2.45, 2.75) is 29.2 Å². The van der Waals surface area contributed by atoms with Crippen LogP contribution in [-0.4, -0.2) is 64.6 Å². The van der Waals surface area contributed by atoms with Gasteiger partial charge in [0.1, 0.15) is 0 Å². The smallest absolute Gasteiger partial charge is 0.344 e. The molecule has 1 aromatic carbocycles. The minimum atomic E-state index is -4.15. The Labute approximate surface area is 147 Å². The maximum absolute atomic E-state index is 13.3. The van der Waals surface area contributed by atoms with E-state index in [9.17, 15) is 13.2 Å². The van der Waals surface area contributed by atoms with Crippen LogP contribution in [0.15, 0.2) is 35.2 Å². The lowest BCUT2D eigenvalue weighted by Crippen LogP contribution is -2.56. The fraction of sp³-hybridized carbons (Fsp3) is 0.562. The zero-order valence-corrected chi connectivity index (χ0v) is 15.3. The van der Waals surface area contributed by atoms with Crippen molar-refractivity contribution >= 4 is 15.8 Å². The number of esters is 1. The zero-order chi connectivity index (χ0) is 18.5. The Kier molecular flexibility index (Phi) is 6.53. The SMILES string of the molecule is CCOCON1C[C@H](OC)C[C@]1(C(=O)OC)S(=O)(=O)c1ccccc1. The van der Waals surface area contributed by atoms with Crippen LogP contribution in [0, 0.1) is 0 Å². The van der Waals surface area contributed by atoms with Crippen molar-refractivity contribution in [3.8, 4) is 0 Å². The Bertz CT molecular complexity index is 679. The second-order valence-electron chi connectivity index (χ2n) is 5.46. The molecule has 25 heavy (non-hydrogen) atoms. The lowest BCUT2D eigenvalue weighted by atomic mass is 10.2. The Morgan fingerprint density at radius 1 is 1.28 bits per heavy atom. The highest BCUT2D eigenvalue weighted by Gasteiger charge is 2.63. The molecule has 0 saturated carbocycles. The number of hydrogen-bond acceptors (Lipinski definition) is 8. The maximum atomic E-state index is 13.3. The number of nitrogens with zero attached hydrogens (tertiary/aromatic N) is 1. The molecule has 0 bridgehead atoms. The van der Waals surface area contributed by atoms with Gasteiger partial charge in [0.25, 0.3) is 4.87 Å². The minimum Gasteiger partial charge on any atom is -0.467 e. The van der Waals surface area contributed by atoms with Gasteiger partial charge in [-0.1, -0.05) is 18.2 Å². The van der Waals surface area contributed by atoms with Crippen molar-refractivity contribution < 1.29 is 32.3 Å². The Hall–Kier alpha value is -1.52. The van der Waals surface area contributed by atoms with Crippen LogP contribution in [0.25, 0.3) is 0 Å². The summed E-state index contributed by atoms with van der Waals surface area (Å²) in [6.07, 6.45) is -0.626. The standard InChI is InChI=1S/C16H23NO7S/c1-4-23-12-24-17-11-13(21-2)10-16(17,15(18)22-3)25(19,20)14-8-6-5-7-9-14/h5-9,13H,4,10-12H2,1-3H3/t13-,16-/m1/s1. The van der Waals surface area contributed by atoms with E-state index in [0.29, 0.717) is 6.61 Å². The van der Waals surface area contributed by atoms with Crippen LogP contribution >= 0.6 is 0 Å². The van der Waals surface area contributed by atoms with E-state index in [-0.39, 0.29) is 24.7 Å². The van der Waals surface area contributed by atoms with Crippen LogP contribution in [0.2, 0.25) is 0 Å². The number of carbonyl (C=O) groups excluding carboxylic acids is 1. The molecule has 1 saturated heterocycles. The molecule has 1 aliphatic heterocycles. The highest BCUT2D eigenvalue weighted by Crippen LogP contribution is 2.40. The van der Waals surface area contributed by atoms with Gasteiger partial charge in [-0.2, -0.15) is 5.06 Å². The second kappa shape index (κ2) is 8.24. The summed E-state index contributed by atoms with van der Waals surface area (Å²) in [4.78, 5) is 16.1. The third-order valence-corrected chi connectivity index (χ3v) is 6.43. The number of rotatable bonds is 8. The van der Waals surface area contributed by atoms with Crippen LogP contribution in [-0.2, 0) is 33.7 Å². The van der Waals surface area contributed by atoms with E-state index in [1.165, 1.54) is 19.2 Å². The van der Waals surface area contributed by atoms with Gasteiger partial charge in [-0.05, 0) is 19.1 Å². The fourth-order valence-electron chi connectivity index (χ4n) is 2.80. The average Bonchev–Trinajstić information content (AvgIpc) is 3.02. The summed E-state index contributed by atoms with van der Waals surface area (Å²) < 4.78 is 42.0. The molecule has 0 amide bonds. The highest BCUT2D eigenvalue weighted by atomic mass is 32.2. The first kappa shape index (κ1) is 19.8. The van der Waals surface area contributed by atoms with Crippen LogP contribution in [0.1, 0.15) is 13.3 Å². The van der Waals surface area contributed by atoms with Crippen LogP contribution in [0.5, 0.6) is 0 Å². The molecule has 0 unspecified atom stereocenters. The molecule has 8 nitrogen and oxygen atoms in total. The van der Waals surface area contributed by atoms with Gasteiger partial charge in [0, 0.05) is 20.1 Å². The summed E-state index contributed by atoms with van der Waals surface area (Å²) in [6, 6.07) is 7.74. The maximum Gasteiger partial charge on any atom is 0.344 e. The molecule has 1 aromatic rings. The third-order valence-electron chi connectivity index (χ3n) is 4.11. The highest BCUT2D eigenvalue weighted by molar-refractivity contribution is 7.93. The van der Waals surface area contributed by atoms with Gasteiger partial charge in [0.05, 0.1) is 24.7 Å². The molecule has 0 aliphatic carbocycles. The molecule has 0 spiro atoms. The minimum absolute atomic E-state index is 0.00200. The van der Waals surface area contributed by atoms with Crippen molar-refractivity contribution in [1.29, 1.82) is 0 Å². The molecular formula is C16H23NO7S. The monoisotopic (exact) mass is 373 g/mol. The largest absolute Gasteiger partial charge is 0.467 e. The first-order chi connectivity index (χ1) is 11.9. The number of ether oxygens (including phenoxy) is 3. The molecule has 140 valence electrons. The molecule has 0 radical (unpaired) electrons. The van der Waals surface area contributed by atoms with Gasteiger partial charge < -0.3 is 14.2 Å².